The molecule has 1 aliphatic heterocycles. The molecule has 0 radical (unpaired) electrons. The van der Waals surface area contributed by atoms with E-state index in [1.165, 1.54) is 0 Å². The van der Waals surface area contributed by atoms with Crippen molar-refractivity contribution < 1.29 is 9.59 Å². The topological polar surface area (TPSA) is 75.4 Å². The van der Waals surface area contributed by atoms with Crippen LogP contribution in [0.1, 0.15) is 45.4 Å². The summed E-state index contributed by atoms with van der Waals surface area (Å²) in [6, 6.07) is -0.268. The first-order valence-corrected chi connectivity index (χ1v) is 6.98. The molecule has 5 heteroatoms. The summed E-state index contributed by atoms with van der Waals surface area (Å²) >= 11 is 0. The molecule has 0 aromatic carbocycles. The van der Waals surface area contributed by atoms with Gasteiger partial charge in [-0.05, 0) is 25.8 Å². The van der Waals surface area contributed by atoms with Crippen molar-refractivity contribution >= 4 is 11.8 Å². The van der Waals surface area contributed by atoms with Crippen molar-refractivity contribution in [1.82, 2.24) is 10.2 Å². The third-order valence-corrected chi connectivity index (χ3v) is 3.38. The Morgan fingerprint density at radius 2 is 2.11 bits per heavy atom. The van der Waals surface area contributed by atoms with Gasteiger partial charge in [0.25, 0.3) is 0 Å². The van der Waals surface area contributed by atoms with Crippen LogP contribution in [-0.2, 0) is 9.59 Å². The van der Waals surface area contributed by atoms with Gasteiger partial charge in [-0.3, -0.25) is 9.59 Å². The Hall–Kier alpha value is -1.10. The summed E-state index contributed by atoms with van der Waals surface area (Å²) in [6.07, 6.45) is 5.28. The molecule has 104 valence electrons. The molecule has 0 saturated carbocycles. The first kappa shape index (κ1) is 15.0. The minimum atomic E-state index is -0.268. The molecule has 1 unspecified atom stereocenters. The van der Waals surface area contributed by atoms with Gasteiger partial charge in [-0.2, -0.15) is 0 Å². The zero-order chi connectivity index (χ0) is 13.4. The molecule has 2 amide bonds. The van der Waals surface area contributed by atoms with Crippen LogP contribution in [0.3, 0.4) is 0 Å². The predicted molar refractivity (Wildman–Crippen MR) is 70.9 cm³/mol. The molecule has 5 nitrogen and oxygen atoms in total. The minimum Gasteiger partial charge on any atom is -0.353 e. The Kier molecular flexibility index (Phi) is 6.72. The zero-order valence-corrected chi connectivity index (χ0v) is 11.3. The molecule has 0 bridgehead atoms. The number of hydrogen-bond acceptors (Lipinski definition) is 3. The Morgan fingerprint density at radius 3 is 2.78 bits per heavy atom. The molecule has 1 fully saturated rings. The number of carbonyl (C=O) groups excluding carboxylic acids is 2. The van der Waals surface area contributed by atoms with Gasteiger partial charge >= 0.3 is 0 Å². The maximum atomic E-state index is 12.1. The van der Waals surface area contributed by atoms with Gasteiger partial charge in [0.1, 0.15) is 6.04 Å². The summed E-state index contributed by atoms with van der Waals surface area (Å²) < 4.78 is 0. The van der Waals surface area contributed by atoms with E-state index in [1.54, 1.807) is 4.90 Å². The van der Waals surface area contributed by atoms with Crippen LogP contribution in [0.5, 0.6) is 0 Å². The van der Waals surface area contributed by atoms with Crippen LogP contribution in [0, 0.1) is 0 Å². The van der Waals surface area contributed by atoms with Crippen LogP contribution >= 0.6 is 0 Å². The van der Waals surface area contributed by atoms with E-state index in [-0.39, 0.29) is 17.9 Å². The van der Waals surface area contributed by atoms with Crippen LogP contribution in [0.25, 0.3) is 0 Å². The van der Waals surface area contributed by atoms with E-state index < -0.39 is 0 Å². The molecule has 0 aromatic rings. The second kappa shape index (κ2) is 8.08. The first-order chi connectivity index (χ1) is 8.70. The van der Waals surface area contributed by atoms with E-state index in [0.29, 0.717) is 25.9 Å². The Balaban J connectivity index is 2.32. The first-order valence-electron chi connectivity index (χ1n) is 6.98. The van der Waals surface area contributed by atoms with Crippen molar-refractivity contribution in [1.29, 1.82) is 0 Å². The molecule has 18 heavy (non-hydrogen) atoms. The van der Waals surface area contributed by atoms with Crippen molar-refractivity contribution in [3.8, 4) is 0 Å². The van der Waals surface area contributed by atoms with Crippen molar-refractivity contribution in [2.45, 2.75) is 51.5 Å². The van der Waals surface area contributed by atoms with Gasteiger partial charge < -0.3 is 16.0 Å². The molecule has 1 heterocycles. The lowest BCUT2D eigenvalue weighted by Crippen LogP contribution is -2.56. The molecule has 1 aliphatic rings. The minimum absolute atomic E-state index is 0.0137. The third-order valence-electron chi connectivity index (χ3n) is 3.38. The van der Waals surface area contributed by atoms with Crippen molar-refractivity contribution in [3.05, 3.63) is 0 Å². The van der Waals surface area contributed by atoms with Gasteiger partial charge in [0.15, 0.2) is 0 Å². The lowest BCUT2D eigenvalue weighted by molar-refractivity contribution is -0.143. The van der Waals surface area contributed by atoms with Crippen molar-refractivity contribution in [2.75, 3.05) is 19.6 Å². The SMILES string of the molecule is CCC1C(=O)NCCN1C(=O)CCCCCCN. The molecular formula is C13H25N3O2. The van der Waals surface area contributed by atoms with E-state index >= 15 is 0 Å². The number of carbonyl (C=O) groups is 2. The van der Waals surface area contributed by atoms with E-state index in [0.717, 1.165) is 32.2 Å². The monoisotopic (exact) mass is 255 g/mol. The highest BCUT2D eigenvalue weighted by atomic mass is 16.2. The van der Waals surface area contributed by atoms with Crippen molar-refractivity contribution in [3.63, 3.8) is 0 Å². The number of hydrogen-bond donors (Lipinski definition) is 2. The highest BCUT2D eigenvalue weighted by Gasteiger charge is 2.30. The number of nitrogens with two attached hydrogens (primary N) is 1. The van der Waals surface area contributed by atoms with Gasteiger partial charge in [-0.25, -0.2) is 0 Å². The number of rotatable bonds is 7. The predicted octanol–water partition coefficient (Wildman–Crippen LogP) is 0.633. The molecule has 0 spiro atoms. The molecule has 1 saturated heterocycles. The Bertz CT molecular complexity index is 281. The molecule has 0 aromatic heterocycles. The zero-order valence-electron chi connectivity index (χ0n) is 11.3. The number of piperazine rings is 1. The van der Waals surface area contributed by atoms with Gasteiger partial charge in [-0.15, -0.1) is 0 Å². The van der Waals surface area contributed by atoms with Crippen LogP contribution in [0.15, 0.2) is 0 Å². The van der Waals surface area contributed by atoms with E-state index in [4.69, 9.17) is 5.73 Å². The van der Waals surface area contributed by atoms with Crippen LogP contribution in [-0.4, -0.2) is 42.4 Å². The number of amides is 2. The van der Waals surface area contributed by atoms with Gasteiger partial charge in [0.2, 0.25) is 11.8 Å². The molecule has 0 aliphatic carbocycles. The summed E-state index contributed by atoms with van der Waals surface area (Å²) in [4.78, 5) is 25.4. The second-order valence-electron chi connectivity index (χ2n) is 4.76. The largest absolute Gasteiger partial charge is 0.353 e. The summed E-state index contributed by atoms with van der Waals surface area (Å²) in [6.45, 7) is 3.88. The maximum absolute atomic E-state index is 12.1. The average Bonchev–Trinajstić information content (AvgIpc) is 2.38. The van der Waals surface area contributed by atoms with Crippen molar-refractivity contribution in [2.24, 2.45) is 5.73 Å². The fourth-order valence-corrected chi connectivity index (χ4v) is 2.34. The fraction of sp³-hybridized carbons (Fsp3) is 0.846. The van der Waals surface area contributed by atoms with Gasteiger partial charge in [0, 0.05) is 19.5 Å². The van der Waals surface area contributed by atoms with Gasteiger partial charge in [0.05, 0.1) is 0 Å². The van der Waals surface area contributed by atoms with E-state index in [2.05, 4.69) is 5.32 Å². The van der Waals surface area contributed by atoms with Crippen LogP contribution < -0.4 is 11.1 Å². The van der Waals surface area contributed by atoms with E-state index in [9.17, 15) is 9.59 Å². The normalized spacial score (nSPS) is 19.8. The molecular weight excluding hydrogens is 230 g/mol. The third kappa shape index (κ3) is 4.29. The summed E-state index contributed by atoms with van der Waals surface area (Å²) in [5.74, 6) is 0.102. The fourth-order valence-electron chi connectivity index (χ4n) is 2.34. The summed E-state index contributed by atoms with van der Waals surface area (Å²) in [5.41, 5.74) is 5.42. The highest BCUT2D eigenvalue weighted by Crippen LogP contribution is 2.12. The maximum Gasteiger partial charge on any atom is 0.242 e. The van der Waals surface area contributed by atoms with Crippen LogP contribution in [0.2, 0.25) is 0 Å². The smallest absolute Gasteiger partial charge is 0.242 e. The molecule has 1 rings (SSSR count). The average molecular weight is 255 g/mol. The second-order valence-corrected chi connectivity index (χ2v) is 4.76. The number of nitrogens with one attached hydrogen (secondary N) is 1. The highest BCUT2D eigenvalue weighted by molar-refractivity contribution is 5.88. The summed E-state index contributed by atoms with van der Waals surface area (Å²) in [5, 5.41) is 2.81. The van der Waals surface area contributed by atoms with E-state index in [1.807, 2.05) is 6.92 Å². The summed E-state index contributed by atoms with van der Waals surface area (Å²) in [7, 11) is 0. The lowest BCUT2D eigenvalue weighted by Gasteiger charge is -2.34. The standard InChI is InChI=1S/C13H25N3O2/c1-2-11-13(18)15-9-10-16(11)12(17)7-5-3-4-6-8-14/h11H,2-10,14H2,1H3,(H,15,18). The number of nitrogens with zero attached hydrogens (tertiary/aromatic N) is 1. The Labute approximate surface area is 109 Å². The lowest BCUT2D eigenvalue weighted by atomic mass is 10.1. The molecule has 1 atom stereocenters. The van der Waals surface area contributed by atoms with Gasteiger partial charge in [-0.1, -0.05) is 19.8 Å². The molecule has 3 N–H and O–H groups in total. The van der Waals surface area contributed by atoms with Crippen LogP contribution in [0.4, 0.5) is 0 Å². The number of unbranched alkanes of at least 4 members (excludes halogenated alkanes) is 3. The quantitative estimate of drug-likeness (QED) is 0.655. The Morgan fingerprint density at radius 1 is 1.39 bits per heavy atom.